The Hall–Kier alpha value is -0.120. The lowest BCUT2D eigenvalue weighted by Crippen LogP contribution is -2.36. The molecule has 0 aliphatic carbocycles. The van der Waals surface area contributed by atoms with Crippen molar-refractivity contribution in [2.24, 2.45) is 0 Å². The van der Waals surface area contributed by atoms with Crippen LogP contribution in [0.1, 0.15) is 20.3 Å². The van der Waals surface area contributed by atoms with Crippen LogP contribution in [-0.4, -0.2) is 62.2 Å². The Kier molecular flexibility index (Phi) is 6.15. The molecule has 0 aromatic carbocycles. The number of hydrogen-bond donors (Lipinski definition) is 1. The van der Waals surface area contributed by atoms with E-state index in [2.05, 4.69) is 29.0 Å². The van der Waals surface area contributed by atoms with Gasteiger partial charge in [-0.25, -0.2) is 0 Å². The molecule has 14 heavy (non-hydrogen) atoms. The second-order valence-corrected chi connectivity index (χ2v) is 3.97. The smallest absolute Gasteiger partial charge is 0.0110 e. The molecule has 84 valence electrons. The first-order valence-electron chi connectivity index (χ1n) is 6.02. The first kappa shape index (κ1) is 12.0. The zero-order chi connectivity index (χ0) is 10.2. The minimum absolute atomic E-state index is 1.16. The molecule has 0 radical (unpaired) electrons. The predicted octanol–water partition coefficient (Wildman–Crippen LogP) is 0.624. The van der Waals surface area contributed by atoms with Crippen molar-refractivity contribution < 1.29 is 0 Å². The van der Waals surface area contributed by atoms with Gasteiger partial charge in [0.15, 0.2) is 0 Å². The summed E-state index contributed by atoms with van der Waals surface area (Å²) in [7, 11) is 0. The Labute approximate surface area is 88.5 Å². The Morgan fingerprint density at radius 1 is 1.14 bits per heavy atom. The van der Waals surface area contributed by atoms with E-state index in [-0.39, 0.29) is 0 Å². The fourth-order valence-electron chi connectivity index (χ4n) is 1.95. The zero-order valence-corrected chi connectivity index (χ0v) is 9.76. The molecular formula is C11H25N3. The largest absolute Gasteiger partial charge is 0.315 e. The summed E-state index contributed by atoms with van der Waals surface area (Å²) in [5.74, 6) is 0. The molecule has 0 bridgehead atoms. The Bertz CT molecular complexity index is 126. The number of likely N-dealkylation sites (N-methyl/N-ethyl adjacent to an activating group) is 1. The van der Waals surface area contributed by atoms with Crippen LogP contribution in [0.25, 0.3) is 0 Å². The second-order valence-electron chi connectivity index (χ2n) is 3.97. The lowest BCUT2D eigenvalue weighted by atomic mass is 10.3. The highest BCUT2D eigenvalue weighted by molar-refractivity contribution is 4.67. The molecule has 0 aromatic rings. The van der Waals surface area contributed by atoms with Crippen molar-refractivity contribution in [2.75, 3.05) is 52.4 Å². The molecule has 0 aromatic heterocycles. The number of rotatable bonds is 5. The summed E-state index contributed by atoms with van der Waals surface area (Å²) >= 11 is 0. The first-order chi connectivity index (χ1) is 6.86. The van der Waals surface area contributed by atoms with Crippen LogP contribution in [0.5, 0.6) is 0 Å². The quantitative estimate of drug-likeness (QED) is 0.700. The summed E-state index contributed by atoms with van der Waals surface area (Å²) in [6.45, 7) is 14.2. The summed E-state index contributed by atoms with van der Waals surface area (Å²) in [5, 5.41) is 3.44. The maximum atomic E-state index is 3.44. The highest BCUT2D eigenvalue weighted by Crippen LogP contribution is 1.96. The lowest BCUT2D eigenvalue weighted by molar-refractivity contribution is 0.222. The first-order valence-corrected chi connectivity index (χ1v) is 6.02. The van der Waals surface area contributed by atoms with Gasteiger partial charge in [-0.2, -0.15) is 0 Å². The van der Waals surface area contributed by atoms with Crippen molar-refractivity contribution in [3.05, 3.63) is 0 Å². The molecule has 3 nitrogen and oxygen atoms in total. The third kappa shape index (κ3) is 4.40. The van der Waals surface area contributed by atoms with Crippen LogP contribution in [0.15, 0.2) is 0 Å². The fraction of sp³-hybridized carbons (Fsp3) is 1.00. The molecule has 0 atom stereocenters. The highest BCUT2D eigenvalue weighted by Gasteiger charge is 2.08. The molecule has 0 saturated carbocycles. The van der Waals surface area contributed by atoms with Crippen LogP contribution >= 0.6 is 0 Å². The number of hydrogen-bond acceptors (Lipinski definition) is 3. The van der Waals surface area contributed by atoms with E-state index in [1.54, 1.807) is 0 Å². The van der Waals surface area contributed by atoms with Crippen molar-refractivity contribution in [3.8, 4) is 0 Å². The highest BCUT2D eigenvalue weighted by atomic mass is 15.2. The van der Waals surface area contributed by atoms with Gasteiger partial charge in [0, 0.05) is 26.2 Å². The van der Waals surface area contributed by atoms with Crippen molar-refractivity contribution in [1.82, 2.24) is 15.1 Å². The second kappa shape index (κ2) is 7.21. The van der Waals surface area contributed by atoms with Crippen LogP contribution in [0.2, 0.25) is 0 Å². The molecule has 0 amide bonds. The van der Waals surface area contributed by atoms with Gasteiger partial charge in [-0.15, -0.1) is 0 Å². The minimum atomic E-state index is 1.16. The van der Waals surface area contributed by atoms with E-state index in [0.717, 1.165) is 6.54 Å². The van der Waals surface area contributed by atoms with Crippen LogP contribution in [0.4, 0.5) is 0 Å². The molecule has 1 aliphatic rings. The maximum Gasteiger partial charge on any atom is 0.0110 e. The van der Waals surface area contributed by atoms with E-state index >= 15 is 0 Å². The van der Waals surface area contributed by atoms with Gasteiger partial charge in [0.05, 0.1) is 0 Å². The van der Waals surface area contributed by atoms with Crippen molar-refractivity contribution in [3.63, 3.8) is 0 Å². The molecule has 1 N–H and O–H groups in total. The molecule has 1 aliphatic heterocycles. The van der Waals surface area contributed by atoms with E-state index in [1.165, 1.54) is 52.2 Å². The molecule has 1 heterocycles. The van der Waals surface area contributed by atoms with Crippen molar-refractivity contribution in [1.29, 1.82) is 0 Å². The molecule has 1 rings (SSSR count). The lowest BCUT2D eigenvalue weighted by Gasteiger charge is -2.24. The zero-order valence-electron chi connectivity index (χ0n) is 9.76. The summed E-state index contributed by atoms with van der Waals surface area (Å²) in [4.78, 5) is 5.08. The summed E-state index contributed by atoms with van der Waals surface area (Å²) in [6, 6.07) is 0. The van der Waals surface area contributed by atoms with E-state index in [4.69, 9.17) is 0 Å². The predicted molar refractivity (Wildman–Crippen MR) is 61.7 cm³/mol. The molecule has 1 fully saturated rings. The van der Waals surface area contributed by atoms with Gasteiger partial charge in [-0.1, -0.05) is 13.8 Å². The third-order valence-electron chi connectivity index (χ3n) is 3.06. The average molecular weight is 199 g/mol. The van der Waals surface area contributed by atoms with Gasteiger partial charge in [0.2, 0.25) is 0 Å². The average Bonchev–Trinajstić information content (AvgIpc) is 2.48. The Balaban J connectivity index is 2.14. The molecular weight excluding hydrogens is 174 g/mol. The normalized spacial score (nSPS) is 19.9. The van der Waals surface area contributed by atoms with Crippen LogP contribution in [0, 0.1) is 0 Å². The van der Waals surface area contributed by atoms with Gasteiger partial charge in [0.1, 0.15) is 0 Å². The maximum absolute atomic E-state index is 3.44. The standard InChI is InChI=1S/C11H25N3/c1-3-13(4-2)10-11-14-8-5-6-12-7-9-14/h12H,3-11H2,1-2H3. The Morgan fingerprint density at radius 3 is 2.64 bits per heavy atom. The SMILES string of the molecule is CCN(CC)CCN1CCCNCC1. The van der Waals surface area contributed by atoms with E-state index in [1.807, 2.05) is 0 Å². The van der Waals surface area contributed by atoms with Gasteiger partial charge in [-0.3, -0.25) is 0 Å². The van der Waals surface area contributed by atoms with Crippen molar-refractivity contribution >= 4 is 0 Å². The fourth-order valence-corrected chi connectivity index (χ4v) is 1.95. The number of nitrogens with one attached hydrogen (secondary N) is 1. The Morgan fingerprint density at radius 2 is 1.93 bits per heavy atom. The topological polar surface area (TPSA) is 18.5 Å². The van der Waals surface area contributed by atoms with Crippen molar-refractivity contribution in [2.45, 2.75) is 20.3 Å². The van der Waals surface area contributed by atoms with Gasteiger partial charge in [-0.05, 0) is 32.6 Å². The molecule has 1 saturated heterocycles. The number of nitrogens with zero attached hydrogens (tertiary/aromatic N) is 2. The van der Waals surface area contributed by atoms with Crippen LogP contribution in [0.3, 0.4) is 0 Å². The summed E-state index contributed by atoms with van der Waals surface area (Å²) in [5.41, 5.74) is 0. The van der Waals surface area contributed by atoms with Gasteiger partial charge in [0.25, 0.3) is 0 Å². The molecule has 0 spiro atoms. The van der Waals surface area contributed by atoms with Gasteiger partial charge < -0.3 is 15.1 Å². The monoisotopic (exact) mass is 199 g/mol. The van der Waals surface area contributed by atoms with E-state index in [9.17, 15) is 0 Å². The third-order valence-corrected chi connectivity index (χ3v) is 3.06. The molecule has 3 heteroatoms. The van der Waals surface area contributed by atoms with E-state index < -0.39 is 0 Å². The van der Waals surface area contributed by atoms with E-state index in [0.29, 0.717) is 0 Å². The summed E-state index contributed by atoms with van der Waals surface area (Å²) < 4.78 is 0. The van der Waals surface area contributed by atoms with Gasteiger partial charge >= 0.3 is 0 Å². The summed E-state index contributed by atoms with van der Waals surface area (Å²) in [6.07, 6.45) is 1.30. The van der Waals surface area contributed by atoms with Crippen LogP contribution in [-0.2, 0) is 0 Å². The molecule has 0 unspecified atom stereocenters. The van der Waals surface area contributed by atoms with Crippen LogP contribution < -0.4 is 5.32 Å². The minimum Gasteiger partial charge on any atom is -0.315 e.